The maximum absolute atomic E-state index is 10.8. The van der Waals surface area contributed by atoms with Crippen LogP contribution in [0.5, 0.6) is 0 Å². The van der Waals surface area contributed by atoms with Gasteiger partial charge in [-0.25, -0.2) is 0 Å². The number of nitro groups is 1. The molecule has 0 spiro atoms. The van der Waals surface area contributed by atoms with Gasteiger partial charge in [0.05, 0.1) is 9.95 Å². The van der Waals surface area contributed by atoms with E-state index in [1.165, 1.54) is 24.6 Å². The first-order chi connectivity index (χ1) is 8.59. The number of hydrogen-bond donors (Lipinski definition) is 0. The number of thiocarbonyl (C=S) groups is 1. The fourth-order valence-electron chi connectivity index (χ4n) is 2.06. The van der Waals surface area contributed by atoms with Crippen molar-refractivity contribution in [2.75, 3.05) is 13.1 Å². The number of nitro benzene ring substituents is 1. The van der Waals surface area contributed by atoms with Crippen LogP contribution in [-0.4, -0.2) is 27.9 Å². The zero-order chi connectivity index (χ0) is 13.1. The molecule has 0 aromatic heterocycles. The minimum Gasteiger partial charge on any atom is -0.362 e. The van der Waals surface area contributed by atoms with Crippen molar-refractivity contribution in [3.05, 3.63) is 38.9 Å². The highest BCUT2D eigenvalue weighted by Crippen LogP contribution is 2.25. The maximum atomic E-state index is 10.8. The Morgan fingerprint density at radius 2 is 2.00 bits per heavy atom. The lowest BCUT2D eigenvalue weighted by Gasteiger charge is -2.29. The Hall–Kier alpha value is -1.20. The Labute approximate surface area is 116 Å². The van der Waals surface area contributed by atoms with Crippen LogP contribution in [0.25, 0.3) is 0 Å². The van der Waals surface area contributed by atoms with Crippen LogP contribution in [0.3, 0.4) is 0 Å². The molecule has 1 aromatic rings. The number of piperidine rings is 1. The van der Waals surface area contributed by atoms with Crippen LogP contribution in [0.4, 0.5) is 5.69 Å². The van der Waals surface area contributed by atoms with Crippen LogP contribution in [0.1, 0.15) is 24.8 Å². The van der Waals surface area contributed by atoms with Crippen LogP contribution in [-0.2, 0) is 0 Å². The third-order valence-electron chi connectivity index (χ3n) is 3.03. The number of hydrogen-bond acceptors (Lipinski definition) is 3. The van der Waals surface area contributed by atoms with Gasteiger partial charge >= 0.3 is 0 Å². The zero-order valence-electron chi connectivity index (χ0n) is 9.76. The monoisotopic (exact) mass is 284 g/mol. The summed E-state index contributed by atoms with van der Waals surface area (Å²) < 4.78 is 0. The molecule has 1 aliphatic heterocycles. The lowest BCUT2D eigenvalue weighted by atomic mass is 10.1. The highest BCUT2D eigenvalue weighted by molar-refractivity contribution is 7.80. The highest BCUT2D eigenvalue weighted by atomic mass is 35.5. The van der Waals surface area contributed by atoms with Crippen LogP contribution in [0.2, 0.25) is 5.02 Å². The molecule has 0 radical (unpaired) electrons. The van der Waals surface area contributed by atoms with Gasteiger partial charge in [-0.15, -0.1) is 0 Å². The SMILES string of the molecule is O=[N+]([O-])c1ccc(Cl)c(C(=S)N2CCCCC2)c1. The van der Waals surface area contributed by atoms with E-state index in [2.05, 4.69) is 4.90 Å². The average molecular weight is 285 g/mol. The largest absolute Gasteiger partial charge is 0.362 e. The Morgan fingerprint density at radius 3 is 2.61 bits per heavy atom. The quantitative estimate of drug-likeness (QED) is 0.474. The van der Waals surface area contributed by atoms with Crippen molar-refractivity contribution in [1.82, 2.24) is 4.90 Å². The summed E-state index contributed by atoms with van der Waals surface area (Å²) in [7, 11) is 0. The minimum atomic E-state index is -0.432. The highest BCUT2D eigenvalue weighted by Gasteiger charge is 2.19. The number of benzene rings is 1. The predicted octanol–water partition coefficient (Wildman–Crippen LogP) is 3.41. The summed E-state index contributed by atoms with van der Waals surface area (Å²) >= 11 is 11.5. The first-order valence-electron chi connectivity index (χ1n) is 5.83. The molecule has 1 heterocycles. The van der Waals surface area contributed by atoms with Gasteiger partial charge in [-0.2, -0.15) is 0 Å². The molecule has 0 aliphatic carbocycles. The van der Waals surface area contributed by atoms with Gasteiger partial charge < -0.3 is 4.90 Å². The van der Waals surface area contributed by atoms with E-state index in [-0.39, 0.29) is 5.69 Å². The fourth-order valence-corrected chi connectivity index (χ4v) is 2.67. The molecule has 2 rings (SSSR count). The molecule has 0 saturated carbocycles. The molecule has 4 nitrogen and oxygen atoms in total. The van der Waals surface area contributed by atoms with Crippen molar-refractivity contribution in [3.8, 4) is 0 Å². The minimum absolute atomic E-state index is 0.0220. The third kappa shape index (κ3) is 2.79. The summed E-state index contributed by atoms with van der Waals surface area (Å²) in [4.78, 5) is 13.0. The molecule has 1 aliphatic rings. The van der Waals surface area contributed by atoms with Crippen LogP contribution >= 0.6 is 23.8 Å². The number of non-ortho nitro benzene ring substituents is 1. The molecule has 0 N–H and O–H groups in total. The van der Waals surface area contributed by atoms with E-state index in [0.29, 0.717) is 15.6 Å². The van der Waals surface area contributed by atoms with E-state index < -0.39 is 4.92 Å². The van der Waals surface area contributed by atoms with Crippen molar-refractivity contribution in [2.45, 2.75) is 19.3 Å². The van der Waals surface area contributed by atoms with Crippen LogP contribution in [0, 0.1) is 10.1 Å². The van der Waals surface area contributed by atoms with E-state index in [1.54, 1.807) is 0 Å². The van der Waals surface area contributed by atoms with Gasteiger partial charge in [-0.05, 0) is 25.3 Å². The predicted molar refractivity (Wildman–Crippen MR) is 75.2 cm³/mol. The molecule has 6 heteroatoms. The van der Waals surface area contributed by atoms with Crippen LogP contribution in [0.15, 0.2) is 18.2 Å². The summed E-state index contributed by atoms with van der Waals surface area (Å²) in [6.07, 6.45) is 3.42. The molecule has 0 unspecified atom stereocenters. The molecule has 0 bridgehead atoms. The van der Waals surface area contributed by atoms with Crippen molar-refractivity contribution in [2.24, 2.45) is 0 Å². The van der Waals surface area contributed by atoms with E-state index in [1.807, 2.05) is 0 Å². The van der Waals surface area contributed by atoms with Gasteiger partial charge in [0.15, 0.2) is 0 Å². The molecule has 0 amide bonds. The molecule has 1 fully saturated rings. The summed E-state index contributed by atoms with van der Waals surface area (Å²) in [5.41, 5.74) is 0.608. The molecule has 0 atom stereocenters. The van der Waals surface area contributed by atoms with Gasteiger partial charge in [-0.3, -0.25) is 10.1 Å². The summed E-state index contributed by atoms with van der Waals surface area (Å²) in [5.74, 6) is 0. The van der Waals surface area contributed by atoms with Gasteiger partial charge in [-0.1, -0.05) is 23.8 Å². The van der Waals surface area contributed by atoms with E-state index in [9.17, 15) is 10.1 Å². The second-order valence-electron chi connectivity index (χ2n) is 4.27. The second kappa shape index (κ2) is 5.63. The summed E-state index contributed by atoms with van der Waals surface area (Å²) in [6.45, 7) is 1.80. The number of rotatable bonds is 2. The summed E-state index contributed by atoms with van der Waals surface area (Å²) in [6, 6.07) is 4.38. The Kier molecular flexibility index (Phi) is 4.14. The van der Waals surface area contributed by atoms with E-state index in [4.69, 9.17) is 23.8 Å². The van der Waals surface area contributed by atoms with Gasteiger partial charge in [0.25, 0.3) is 5.69 Å². The van der Waals surface area contributed by atoms with Gasteiger partial charge in [0.1, 0.15) is 4.99 Å². The molecular formula is C12H13ClN2O2S. The fraction of sp³-hybridized carbons (Fsp3) is 0.417. The van der Waals surface area contributed by atoms with Crippen molar-refractivity contribution < 1.29 is 4.92 Å². The lowest BCUT2D eigenvalue weighted by Crippen LogP contribution is -2.35. The standard InChI is InChI=1S/C12H13ClN2O2S/c13-11-5-4-9(15(16)17)8-10(11)12(18)14-6-2-1-3-7-14/h4-5,8H,1-3,6-7H2. The first-order valence-corrected chi connectivity index (χ1v) is 6.61. The molecular weight excluding hydrogens is 272 g/mol. The van der Waals surface area contributed by atoms with Crippen molar-refractivity contribution in [3.63, 3.8) is 0 Å². The molecule has 1 saturated heterocycles. The van der Waals surface area contributed by atoms with Gasteiger partial charge in [0, 0.05) is 30.8 Å². The summed E-state index contributed by atoms with van der Waals surface area (Å²) in [5, 5.41) is 11.2. The normalized spacial score (nSPS) is 15.5. The molecule has 18 heavy (non-hydrogen) atoms. The maximum Gasteiger partial charge on any atom is 0.270 e. The molecule has 1 aromatic carbocycles. The Morgan fingerprint density at radius 1 is 1.33 bits per heavy atom. The first kappa shape index (κ1) is 13.2. The Balaban J connectivity index is 2.28. The topological polar surface area (TPSA) is 46.4 Å². The number of nitrogens with zero attached hydrogens (tertiary/aromatic N) is 2. The van der Waals surface area contributed by atoms with Crippen LogP contribution < -0.4 is 0 Å². The van der Waals surface area contributed by atoms with Gasteiger partial charge in [0.2, 0.25) is 0 Å². The van der Waals surface area contributed by atoms with Crippen molar-refractivity contribution >= 4 is 34.5 Å². The lowest BCUT2D eigenvalue weighted by molar-refractivity contribution is -0.384. The van der Waals surface area contributed by atoms with E-state index in [0.717, 1.165) is 25.9 Å². The number of halogens is 1. The Bertz CT molecular complexity index is 487. The molecule has 96 valence electrons. The average Bonchev–Trinajstić information content (AvgIpc) is 2.39. The zero-order valence-corrected chi connectivity index (χ0v) is 11.3. The number of likely N-dealkylation sites (tertiary alicyclic amines) is 1. The van der Waals surface area contributed by atoms with E-state index >= 15 is 0 Å². The van der Waals surface area contributed by atoms with Crippen molar-refractivity contribution in [1.29, 1.82) is 0 Å². The third-order valence-corrected chi connectivity index (χ3v) is 3.84. The smallest absolute Gasteiger partial charge is 0.270 e. The second-order valence-corrected chi connectivity index (χ2v) is 5.07.